The van der Waals surface area contributed by atoms with E-state index in [1.165, 1.54) is 6.07 Å². The van der Waals surface area contributed by atoms with Crippen LogP contribution >= 0.6 is 11.6 Å². The summed E-state index contributed by atoms with van der Waals surface area (Å²) in [5, 5.41) is 11.8. The molecule has 3 N–H and O–H groups in total. The van der Waals surface area contributed by atoms with E-state index < -0.39 is 0 Å². The largest absolute Gasteiger partial charge is 0.398 e. The number of amides is 1. The van der Waals surface area contributed by atoms with E-state index in [1.54, 1.807) is 37.3 Å². The van der Waals surface area contributed by atoms with E-state index >= 15 is 0 Å². The predicted octanol–water partition coefficient (Wildman–Crippen LogP) is 3.35. The van der Waals surface area contributed by atoms with Gasteiger partial charge >= 0.3 is 0 Å². The molecule has 20 heavy (non-hydrogen) atoms. The fourth-order valence-electron chi connectivity index (χ4n) is 1.78. The first kappa shape index (κ1) is 13.9. The summed E-state index contributed by atoms with van der Waals surface area (Å²) in [4.78, 5) is 12.2. The van der Waals surface area contributed by atoms with E-state index in [0.717, 1.165) is 5.56 Å². The Morgan fingerprint density at radius 2 is 2.10 bits per heavy atom. The summed E-state index contributed by atoms with van der Waals surface area (Å²) in [6.07, 6.45) is 0. The molecule has 5 heteroatoms. The van der Waals surface area contributed by atoms with Crippen molar-refractivity contribution in [2.75, 3.05) is 11.1 Å². The van der Waals surface area contributed by atoms with Crippen LogP contribution in [-0.4, -0.2) is 5.91 Å². The third kappa shape index (κ3) is 2.73. The molecule has 0 unspecified atom stereocenters. The fourth-order valence-corrected chi connectivity index (χ4v) is 2.00. The lowest BCUT2D eigenvalue weighted by Gasteiger charge is -2.10. The Morgan fingerprint density at radius 1 is 1.35 bits per heavy atom. The van der Waals surface area contributed by atoms with Gasteiger partial charge in [0, 0.05) is 11.3 Å². The molecule has 0 heterocycles. The maximum atomic E-state index is 12.2. The molecule has 2 aromatic rings. The number of halogens is 1. The summed E-state index contributed by atoms with van der Waals surface area (Å²) in [6.45, 7) is 1.78. The predicted molar refractivity (Wildman–Crippen MR) is 79.7 cm³/mol. The molecule has 0 aliphatic carbocycles. The Balaban J connectivity index is 2.29. The number of rotatable bonds is 2. The van der Waals surface area contributed by atoms with Crippen molar-refractivity contribution in [3.63, 3.8) is 0 Å². The first-order chi connectivity index (χ1) is 9.52. The Morgan fingerprint density at radius 3 is 2.75 bits per heavy atom. The van der Waals surface area contributed by atoms with Gasteiger partial charge in [-0.25, -0.2) is 0 Å². The number of hydrogen-bond donors (Lipinski definition) is 2. The van der Waals surface area contributed by atoms with Crippen molar-refractivity contribution in [3.05, 3.63) is 58.1 Å². The van der Waals surface area contributed by atoms with Gasteiger partial charge in [0.2, 0.25) is 0 Å². The second-order valence-corrected chi connectivity index (χ2v) is 4.69. The average molecular weight is 286 g/mol. The third-order valence-corrected chi connectivity index (χ3v) is 3.28. The minimum absolute atomic E-state index is 0.290. The fraction of sp³-hybridized carbons (Fsp3) is 0.0667. The molecule has 0 fully saturated rings. The molecule has 2 aromatic carbocycles. The van der Waals surface area contributed by atoms with Gasteiger partial charge < -0.3 is 11.1 Å². The molecular formula is C15H12ClN3O. The van der Waals surface area contributed by atoms with Crippen molar-refractivity contribution in [2.24, 2.45) is 0 Å². The zero-order chi connectivity index (χ0) is 14.7. The number of benzene rings is 2. The highest BCUT2D eigenvalue weighted by molar-refractivity contribution is 6.34. The number of nitrogens with two attached hydrogens (primary N) is 1. The van der Waals surface area contributed by atoms with Crippen LogP contribution in [-0.2, 0) is 0 Å². The Bertz CT molecular complexity index is 720. The van der Waals surface area contributed by atoms with E-state index in [-0.39, 0.29) is 5.91 Å². The number of hydrogen-bond acceptors (Lipinski definition) is 3. The van der Waals surface area contributed by atoms with Crippen molar-refractivity contribution in [1.82, 2.24) is 0 Å². The normalized spacial score (nSPS) is 9.85. The zero-order valence-electron chi connectivity index (χ0n) is 10.8. The molecule has 0 radical (unpaired) electrons. The molecule has 0 saturated carbocycles. The van der Waals surface area contributed by atoms with Gasteiger partial charge in [-0.1, -0.05) is 17.7 Å². The molecule has 100 valence electrons. The van der Waals surface area contributed by atoms with Gasteiger partial charge in [0.1, 0.15) is 0 Å². The quantitative estimate of drug-likeness (QED) is 0.831. The van der Waals surface area contributed by atoms with Crippen molar-refractivity contribution in [3.8, 4) is 6.07 Å². The molecule has 0 aromatic heterocycles. The van der Waals surface area contributed by atoms with E-state index in [4.69, 9.17) is 22.6 Å². The minimum atomic E-state index is -0.290. The van der Waals surface area contributed by atoms with E-state index in [2.05, 4.69) is 5.32 Å². The number of nitrogen functional groups attached to an aromatic ring is 1. The van der Waals surface area contributed by atoms with Crippen LogP contribution < -0.4 is 11.1 Å². The van der Waals surface area contributed by atoms with Crippen molar-refractivity contribution < 1.29 is 4.79 Å². The van der Waals surface area contributed by atoms with Crippen LogP contribution in [0.1, 0.15) is 21.5 Å². The second kappa shape index (κ2) is 5.64. The van der Waals surface area contributed by atoms with Crippen molar-refractivity contribution in [2.45, 2.75) is 6.92 Å². The van der Waals surface area contributed by atoms with Gasteiger partial charge in [0.25, 0.3) is 5.91 Å². The van der Waals surface area contributed by atoms with Crippen molar-refractivity contribution >= 4 is 28.9 Å². The van der Waals surface area contributed by atoms with Gasteiger partial charge in [-0.3, -0.25) is 4.79 Å². The molecule has 0 aliphatic heterocycles. The Labute approximate surface area is 121 Å². The Hall–Kier alpha value is -2.51. The molecule has 0 bridgehead atoms. The van der Waals surface area contributed by atoms with Gasteiger partial charge in [0.05, 0.1) is 22.3 Å². The monoisotopic (exact) mass is 285 g/mol. The van der Waals surface area contributed by atoms with Crippen LogP contribution in [0.4, 0.5) is 11.4 Å². The van der Waals surface area contributed by atoms with Crippen molar-refractivity contribution in [1.29, 1.82) is 5.26 Å². The van der Waals surface area contributed by atoms with Crippen LogP contribution in [0.5, 0.6) is 0 Å². The highest BCUT2D eigenvalue weighted by Gasteiger charge is 2.12. The zero-order valence-corrected chi connectivity index (χ0v) is 11.5. The number of anilines is 2. The van der Waals surface area contributed by atoms with Gasteiger partial charge in [-0.15, -0.1) is 0 Å². The van der Waals surface area contributed by atoms with E-state index in [0.29, 0.717) is 27.5 Å². The molecule has 4 nitrogen and oxygen atoms in total. The summed E-state index contributed by atoms with van der Waals surface area (Å²) in [7, 11) is 0. The molecule has 1 amide bonds. The third-order valence-electron chi connectivity index (χ3n) is 2.97. The molecule has 0 atom stereocenters. The van der Waals surface area contributed by atoms with Crippen LogP contribution in [0.25, 0.3) is 0 Å². The second-order valence-electron chi connectivity index (χ2n) is 4.28. The van der Waals surface area contributed by atoms with E-state index in [9.17, 15) is 4.79 Å². The summed E-state index contributed by atoms with van der Waals surface area (Å²) in [5.74, 6) is -0.290. The van der Waals surface area contributed by atoms with Gasteiger partial charge in [0.15, 0.2) is 0 Å². The average Bonchev–Trinajstić information content (AvgIpc) is 2.44. The number of carbonyl (C=O) groups excluding carboxylic acids is 1. The lowest BCUT2D eigenvalue weighted by molar-refractivity contribution is 0.102. The highest BCUT2D eigenvalue weighted by Crippen LogP contribution is 2.24. The molecule has 0 spiro atoms. The smallest absolute Gasteiger partial charge is 0.256 e. The van der Waals surface area contributed by atoms with Gasteiger partial charge in [-0.2, -0.15) is 5.26 Å². The first-order valence-corrected chi connectivity index (χ1v) is 6.27. The standard InChI is InChI=1S/C15H12ClN3O/c1-9-11(3-2-4-13(9)18)15(20)19-14-6-5-10(8-17)7-12(14)16/h2-7H,18H2,1H3,(H,19,20). The molecule has 0 saturated heterocycles. The summed E-state index contributed by atoms with van der Waals surface area (Å²) >= 11 is 6.02. The Kier molecular flexibility index (Phi) is 3.92. The maximum absolute atomic E-state index is 12.2. The topological polar surface area (TPSA) is 78.9 Å². The maximum Gasteiger partial charge on any atom is 0.256 e. The lowest BCUT2D eigenvalue weighted by Crippen LogP contribution is -2.14. The minimum Gasteiger partial charge on any atom is -0.398 e. The highest BCUT2D eigenvalue weighted by atomic mass is 35.5. The number of carbonyl (C=O) groups is 1. The van der Waals surface area contributed by atoms with Crippen LogP contribution in [0.2, 0.25) is 5.02 Å². The molecular weight excluding hydrogens is 274 g/mol. The van der Waals surface area contributed by atoms with Crippen LogP contribution in [0.15, 0.2) is 36.4 Å². The first-order valence-electron chi connectivity index (χ1n) is 5.89. The lowest BCUT2D eigenvalue weighted by atomic mass is 10.1. The SMILES string of the molecule is Cc1c(N)cccc1C(=O)Nc1ccc(C#N)cc1Cl. The van der Waals surface area contributed by atoms with Crippen LogP contribution in [0.3, 0.4) is 0 Å². The summed E-state index contributed by atoms with van der Waals surface area (Å²) in [6, 6.07) is 11.8. The van der Waals surface area contributed by atoms with Crippen LogP contribution in [0, 0.1) is 18.3 Å². The van der Waals surface area contributed by atoms with E-state index in [1.807, 2.05) is 6.07 Å². The number of nitriles is 1. The summed E-state index contributed by atoms with van der Waals surface area (Å²) < 4.78 is 0. The number of nitrogens with zero attached hydrogens (tertiary/aromatic N) is 1. The molecule has 2 rings (SSSR count). The van der Waals surface area contributed by atoms with Gasteiger partial charge in [-0.05, 0) is 42.8 Å². The molecule has 0 aliphatic rings. The summed E-state index contributed by atoms with van der Waals surface area (Å²) in [5.41, 5.74) is 8.44. The number of nitrogens with one attached hydrogen (secondary N) is 1.